The number of sulfonamides is 1. The number of benzene rings is 4. The van der Waals surface area contributed by atoms with Crippen LogP contribution in [0.5, 0.6) is 5.75 Å². The van der Waals surface area contributed by atoms with E-state index in [1.807, 2.05) is 12.1 Å². The number of hydrogen-bond donors (Lipinski definition) is 1. The van der Waals surface area contributed by atoms with Crippen molar-refractivity contribution in [3.63, 3.8) is 0 Å². The molecule has 0 bridgehead atoms. The number of non-ortho nitro benzene ring substituents is 1. The summed E-state index contributed by atoms with van der Waals surface area (Å²) in [6.45, 7) is -0.234. The van der Waals surface area contributed by atoms with Crippen LogP contribution in [0.2, 0.25) is 5.02 Å². The first-order chi connectivity index (χ1) is 19.2. The monoisotopic (exact) mass is 578 g/mol. The van der Waals surface area contributed by atoms with Crippen LogP contribution in [0.4, 0.5) is 11.4 Å². The molecule has 4 aromatic rings. The molecule has 1 amide bonds. The van der Waals surface area contributed by atoms with Gasteiger partial charge in [0.25, 0.3) is 21.6 Å². The number of nitrogens with one attached hydrogen (secondary N) is 1. The predicted molar refractivity (Wildman–Crippen MR) is 152 cm³/mol. The average Bonchev–Trinajstić information content (AvgIpc) is 2.97. The molecule has 0 atom stereocenters. The Bertz CT molecular complexity index is 1600. The summed E-state index contributed by atoms with van der Waals surface area (Å²) in [6, 6.07) is 26.8. The normalized spacial score (nSPS) is 11.2. The van der Waals surface area contributed by atoms with E-state index in [0.717, 1.165) is 9.87 Å². The molecule has 4 aromatic carbocycles. The van der Waals surface area contributed by atoms with E-state index < -0.39 is 27.4 Å². The molecule has 0 spiro atoms. The number of hydrazone groups is 1. The molecule has 0 radical (unpaired) electrons. The van der Waals surface area contributed by atoms with Crippen LogP contribution in [-0.4, -0.2) is 32.0 Å². The first-order valence-electron chi connectivity index (χ1n) is 11.8. The lowest BCUT2D eigenvalue weighted by Gasteiger charge is -2.23. The minimum atomic E-state index is -4.16. The van der Waals surface area contributed by atoms with E-state index in [0.29, 0.717) is 22.9 Å². The number of carbonyl (C=O) groups excluding carboxylic acids is 1. The molecule has 0 unspecified atom stereocenters. The zero-order valence-corrected chi connectivity index (χ0v) is 22.5. The number of hydrogen-bond acceptors (Lipinski definition) is 7. The molecule has 204 valence electrons. The highest BCUT2D eigenvalue weighted by Gasteiger charge is 2.27. The third-order valence-electron chi connectivity index (χ3n) is 5.57. The highest BCUT2D eigenvalue weighted by atomic mass is 35.5. The molecule has 1 N–H and O–H groups in total. The van der Waals surface area contributed by atoms with Gasteiger partial charge in [0, 0.05) is 17.2 Å². The molecule has 40 heavy (non-hydrogen) atoms. The largest absolute Gasteiger partial charge is 0.489 e. The molecule has 0 aromatic heterocycles. The van der Waals surface area contributed by atoms with E-state index in [-0.39, 0.29) is 16.3 Å². The minimum Gasteiger partial charge on any atom is -0.489 e. The van der Waals surface area contributed by atoms with Crippen LogP contribution in [0.3, 0.4) is 0 Å². The van der Waals surface area contributed by atoms with Gasteiger partial charge in [-0.3, -0.25) is 19.2 Å². The third kappa shape index (κ3) is 7.43. The van der Waals surface area contributed by atoms with Gasteiger partial charge in [0.15, 0.2) is 0 Å². The number of amides is 1. The van der Waals surface area contributed by atoms with Gasteiger partial charge in [-0.1, -0.05) is 41.9 Å². The van der Waals surface area contributed by atoms with E-state index in [9.17, 15) is 23.3 Å². The first-order valence-corrected chi connectivity index (χ1v) is 13.7. The van der Waals surface area contributed by atoms with Crippen LogP contribution in [0, 0.1) is 10.1 Å². The lowest BCUT2D eigenvalue weighted by Crippen LogP contribution is -2.39. The Hall–Kier alpha value is -4.74. The quantitative estimate of drug-likeness (QED) is 0.148. The van der Waals surface area contributed by atoms with Crippen LogP contribution in [0.25, 0.3) is 0 Å². The summed E-state index contributed by atoms with van der Waals surface area (Å²) in [4.78, 5) is 23.1. The van der Waals surface area contributed by atoms with Gasteiger partial charge in [0.05, 0.1) is 21.7 Å². The second-order valence-electron chi connectivity index (χ2n) is 8.38. The van der Waals surface area contributed by atoms with Crippen LogP contribution < -0.4 is 14.5 Å². The molecular formula is C28H23ClN4O6S. The molecule has 0 saturated heterocycles. The SMILES string of the molecule is O=C(CN(c1ccc([N+](=O)[O-])cc1)S(=O)(=O)c1ccccc1)N/N=C\c1ccc(OCc2ccc(Cl)cc2)cc1. The summed E-state index contributed by atoms with van der Waals surface area (Å²) in [7, 11) is -4.16. The maximum atomic E-state index is 13.3. The maximum Gasteiger partial charge on any atom is 0.269 e. The Morgan fingerprint density at radius 1 is 0.950 bits per heavy atom. The molecule has 0 heterocycles. The van der Waals surface area contributed by atoms with Crippen molar-refractivity contribution in [2.24, 2.45) is 5.10 Å². The third-order valence-corrected chi connectivity index (χ3v) is 7.61. The van der Waals surface area contributed by atoms with Crippen molar-refractivity contribution in [3.05, 3.63) is 129 Å². The van der Waals surface area contributed by atoms with Crippen molar-refractivity contribution < 1.29 is 22.9 Å². The summed E-state index contributed by atoms with van der Waals surface area (Å²) >= 11 is 5.89. The Kier molecular flexibility index (Phi) is 9.10. The van der Waals surface area contributed by atoms with Crippen molar-refractivity contribution in [1.29, 1.82) is 0 Å². The molecule has 12 heteroatoms. The molecule has 0 fully saturated rings. The van der Waals surface area contributed by atoms with Crippen molar-refractivity contribution >= 4 is 45.1 Å². The standard InChI is InChI=1S/C28H23ClN4O6S/c29-23-10-6-22(7-11-23)20-39-26-16-8-21(9-17-26)18-30-31-28(34)19-32(24-12-14-25(15-13-24)33(35)36)40(37,38)27-4-2-1-3-5-27/h1-18H,19-20H2,(H,31,34)/b30-18-. The lowest BCUT2D eigenvalue weighted by molar-refractivity contribution is -0.384. The second-order valence-corrected chi connectivity index (χ2v) is 10.7. The Morgan fingerprint density at radius 3 is 2.23 bits per heavy atom. The van der Waals surface area contributed by atoms with E-state index in [1.54, 1.807) is 54.6 Å². The van der Waals surface area contributed by atoms with Crippen LogP contribution in [0.1, 0.15) is 11.1 Å². The summed E-state index contributed by atoms with van der Waals surface area (Å²) in [5.41, 5.74) is 3.84. The number of anilines is 1. The maximum absolute atomic E-state index is 13.3. The number of nitrogens with zero attached hydrogens (tertiary/aromatic N) is 3. The smallest absolute Gasteiger partial charge is 0.269 e. The minimum absolute atomic E-state index is 0.0389. The van der Waals surface area contributed by atoms with E-state index in [2.05, 4.69) is 10.5 Å². The van der Waals surface area contributed by atoms with Crippen LogP contribution >= 0.6 is 11.6 Å². The zero-order valence-electron chi connectivity index (χ0n) is 20.9. The molecule has 4 rings (SSSR count). The van der Waals surface area contributed by atoms with Gasteiger partial charge in [0.2, 0.25) is 0 Å². The molecule has 0 aliphatic heterocycles. The van der Waals surface area contributed by atoms with Gasteiger partial charge >= 0.3 is 0 Å². The second kappa shape index (κ2) is 12.9. The molecule has 0 aliphatic rings. The van der Waals surface area contributed by atoms with Crippen molar-refractivity contribution in [2.45, 2.75) is 11.5 Å². The fraction of sp³-hybridized carbons (Fsp3) is 0.0714. The predicted octanol–water partition coefficient (Wildman–Crippen LogP) is 5.17. The number of rotatable bonds is 11. The van der Waals surface area contributed by atoms with Gasteiger partial charge in [-0.05, 0) is 71.8 Å². The van der Waals surface area contributed by atoms with Crippen LogP contribution in [0.15, 0.2) is 113 Å². The Balaban J connectivity index is 1.41. The van der Waals surface area contributed by atoms with Crippen molar-refractivity contribution in [3.8, 4) is 5.75 Å². The summed E-state index contributed by atoms with van der Waals surface area (Å²) in [5, 5.41) is 15.6. The fourth-order valence-electron chi connectivity index (χ4n) is 3.52. The highest BCUT2D eigenvalue weighted by molar-refractivity contribution is 7.92. The topological polar surface area (TPSA) is 131 Å². The van der Waals surface area contributed by atoms with E-state index >= 15 is 0 Å². The van der Waals surface area contributed by atoms with Gasteiger partial charge in [-0.25, -0.2) is 13.8 Å². The average molecular weight is 579 g/mol. The summed E-state index contributed by atoms with van der Waals surface area (Å²) in [5.74, 6) is -0.0713. The van der Waals surface area contributed by atoms with Crippen molar-refractivity contribution in [1.82, 2.24) is 5.43 Å². The van der Waals surface area contributed by atoms with Gasteiger partial charge in [0.1, 0.15) is 18.9 Å². The number of ether oxygens (including phenoxy) is 1. The van der Waals surface area contributed by atoms with E-state index in [4.69, 9.17) is 16.3 Å². The molecule has 10 nitrogen and oxygen atoms in total. The van der Waals surface area contributed by atoms with E-state index in [1.165, 1.54) is 42.6 Å². The highest BCUT2D eigenvalue weighted by Crippen LogP contribution is 2.25. The number of halogens is 1. The first kappa shape index (κ1) is 28.3. The van der Waals surface area contributed by atoms with Gasteiger partial charge < -0.3 is 4.74 Å². The van der Waals surface area contributed by atoms with Gasteiger partial charge in [-0.2, -0.15) is 5.10 Å². The number of nitro benzene ring substituents is 1. The Labute approximate surface area is 235 Å². The summed E-state index contributed by atoms with van der Waals surface area (Å²) < 4.78 is 33.3. The fourth-order valence-corrected chi connectivity index (χ4v) is 5.09. The number of nitro groups is 1. The van der Waals surface area contributed by atoms with Gasteiger partial charge in [-0.15, -0.1) is 0 Å². The molecular weight excluding hydrogens is 556 g/mol. The number of carbonyl (C=O) groups is 1. The molecule has 0 aliphatic carbocycles. The summed E-state index contributed by atoms with van der Waals surface area (Å²) in [6.07, 6.45) is 1.41. The lowest BCUT2D eigenvalue weighted by atomic mass is 10.2. The van der Waals surface area contributed by atoms with Crippen LogP contribution in [-0.2, 0) is 21.4 Å². The zero-order chi connectivity index (χ0) is 28.5. The molecule has 0 saturated carbocycles. The Morgan fingerprint density at radius 2 is 1.60 bits per heavy atom. The van der Waals surface area contributed by atoms with Crippen molar-refractivity contribution in [2.75, 3.05) is 10.8 Å².